The van der Waals surface area contributed by atoms with Gasteiger partial charge in [-0.1, -0.05) is 24.6 Å². The predicted octanol–water partition coefficient (Wildman–Crippen LogP) is 4.22. The number of aromatic amines is 1. The Labute approximate surface area is 157 Å². The second kappa shape index (κ2) is 6.58. The van der Waals surface area contributed by atoms with E-state index in [1.54, 1.807) is 0 Å². The van der Waals surface area contributed by atoms with Crippen LogP contribution in [0.15, 0.2) is 53.5 Å². The molecule has 0 saturated carbocycles. The molecule has 0 fully saturated rings. The minimum atomic E-state index is 0.0904. The zero-order valence-electron chi connectivity index (χ0n) is 15.2. The normalized spacial score (nSPS) is 14.2. The first-order chi connectivity index (χ1) is 13.3. The number of benzene rings is 2. The van der Waals surface area contributed by atoms with Crippen molar-refractivity contribution in [1.29, 1.82) is 0 Å². The van der Waals surface area contributed by atoms with Crippen molar-refractivity contribution in [3.63, 3.8) is 0 Å². The SMILES string of the molecule is O=c1c2cc(NCc3c[nH]c4ccccc34)ccc2nc2n1CCCCC2. The van der Waals surface area contributed by atoms with Crippen LogP contribution < -0.4 is 10.9 Å². The van der Waals surface area contributed by atoms with Crippen molar-refractivity contribution in [2.24, 2.45) is 0 Å². The van der Waals surface area contributed by atoms with Crippen LogP contribution in [-0.2, 0) is 19.5 Å². The number of anilines is 1. The van der Waals surface area contributed by atoms with Crippen molar-refractivity contribution in [2.75, 3.05) is 5.32 Å². The van der Waals surface area contributed by atoms with E-state index in [4.69, 9.17) is 4.98 Å². The molecule has 5 nitrogen and oxygen atoms in total. The van der Waals surface area contributed by atoms with E-state index in [0.29, 0.717) is 11.9 Å². The van der Waals surface area contributed by atoms with Crippen LogP contribution in [0.5, 0.6) is 0 Å². The molecular formula is C22H22N4O. The van der Waals surface area contributed by atoms with Gasteiger partial charge in [0.05, 0.1) is 10.9 Å². The summed E-state index contributed by atoms with van der Waals surface area (Å²) in [5.41, 5.74) is 4.18. The molecule has 2 aromatic heterocycles. The highest BCUT2D eigenvalue weighted by molar-refractivity contribution is 5.84. The number of fused-ring (bicyclic) bond motifs is 3. The van der Waals surface area contributed by atoms with Gasteiger partial charge in [-0.3, -0.25) is 9.36 Å². The van der Waals surface area contributed by atoms with Gasteiger partial charge >= 0.3 is 0 Å². The number of aryl methyl sites for hydroxylation is 1. The lowest BCUT2D eigenvalue weighted by Gasteiger charge is -2.11. The van der Waals surface area contributed by atoms with Gasteiger partial charge in [0, 0.05) is 42.3 Å². The molecule has 0 unspecified atom stereocenters. The van der Waals surface area contributed by atoms with Crippen LogP contribution in [0.3, 0.4) is 0 Å². The number of H-pyrrole nitrogens is 1. The number of rotatable bonds is 3. The van der Waals surface area contributed by atoms with E-state index < -0.39 is 0 Å². The van der Waals surface area contributed by atoms with E-state index in [1.165, 1.54) is 10.9 Å². The van der Waals surface area contributed by atoms with Gasteiger partial charge in [-0.2, -0.15) is 0 Å². The van der Waals surface area contributed by atoms with Crippen molar-refractivity contribution in [2.45, 2.75) is 38.8 Å². The summed E-state index contributed by atoms with van der Waals surface area (Å²) in [6.45, 7) is 1.49. The largest absolute Gasteiger partial charge is 0.381 e. The van der Waals surface area contributed by atoms with Gasteiger partial charge in [0.1, 0.15) is 5.82 Å². The Balaban J connectivity index is 1.47. The summed E-state index contributed by atoms with van der Waals surface area (Å²) in [4.78, 5) is 21.0. The van der Waals surface area contributed by atoms with Crippen LogP contribution in [0.2, 0.25) is 0 Å². The summed E-state index contributed by atoms with van der Waals surface area (Å²) in [6.07, 6.45) is 6.26. The number of nitrogens with zero attached hydrogens (tertiary/aromatic N) is 2. The quantitative estimate of drug-likeness (QED) is 0.576. The molecule has 0 atom stereocenters. The molecule has 0 aliphatic carbocycles. The van der Waals surface area contributed by atoms with Crippen molar-refractivity contribution in [3.8, 4) is 0 Å². The summed E-state index contributed by atoms with van der Waals surface area (Å²) >= 11 is 0. The van der Waals surface area contributed by atoms with Crippen LogP contribution in [0.4, 0.5) is 5.69 Å². The van der Waals surface area contributed by atoms with Gasteiger partial charge in [0.15, 0.2) is 0 Å². The van der Waals surface area contributed by atoms with Crippen LogP contribution in [-0.4, -0.2) is 14.5 Å². The van der Waals surface area contributed by atoms with E-state index in [1.807, 2.05) is 41.1 Å². The molecule has 0 bridgehead atoms. The van der Waals surface area contributed by atoms with E-state index >= 15 is 0 Å². The minimum Gasteiger partial charge on any atom is -0.381 e. The second-order valence-corrected chi connectivity index (χ2v) is 7.24. The summed E-state index contributed by atoms with van der Waals surface area (Å²) in [5, 5.41) is 5.37. The van der Waals surface area contributed by atoms with Gasteiger partial charge in [0.2, 0.25) is 0 Å². The Morgan fingerprint density at radius 3 is 2.96 bits per heavy atom. The van der Waals surface area contributed by atoms with E-state index in [0.717, 1.165) is 54.8 Å². The van der Waals surface area contributed by atoms with Crippen molar-refractivity contribution in [3.05, 3.63) is 70.4 Å². The average Bonchev–Trinajstić information content (AvgIpc) is 2.96. The predicted molar refractivity (Wildman–Crippen MR) is 109 cm³/mol. The first-order valence-electron chi connectivity index (χ1n) is 9.62. The lowest BCUT2D eigenvalue weighted by atomic mass is 10.1. The number of para-hydroxylation sites is 1. The van der Waals surface area contributed by atoms with Gasteiger partial charge in [-0.05, 0) is 42.7 Å². The molecule has 2 aromatic carbocycles. The topological polar surface area (TPSA) is 62.7 Å². The molecule has 0 spiro atoms. The molecule has 1 aliphatic rings. The molecular weight excluding hydrogens is 336 g/mol. The van der Waals surface area contributed by atoms with Crippen LogP contribution in [0.1, 0.15) is 30.7 Å². The lowest BCUT2D eigenvalue weighted by Crippen LogP contribution is -2.24. The average molecular weight is 358 g/mol. The number of nitrogens with one attached hydrogen (secondary N) is 2. The highest BCUT2D eigenvalue weighted by atomic mass is 16.1. The van der Waals surface area contributed by atoms with Crippen LogP contribution in [0.25, 0.3) is 21.8 Å². The fraction of sp³-hybridized carbons (Fsp3) is 0.273. The Morgan fingerprint density at radius 1 is 1.07 bits per heavy atom. The van der Waals surface area contributed by atoms with E-state index in [9.17, 15) is 4.79 Å². The fourth-order valence-corrected chi connectivity index (χ4v) is 4.00. The lowest BCUT2D eigenvalue weighted by molar-refractivity contribution is 0.614. The summed E-state index contributed by atoms with van der Waals surface area (Å²) < 4.78 is 1.87. The molecule has 5 heteroatoms. The summed E-state index contributed by atoms with van der Waals surface area (Å²) in [7, 11) is 0. The second-order valence-electron chi connectivity index (χ2n) is 7.24. The van der Waals surface area contributed by atoms with Crippen LogP contribution in [0, 0.1) is 0 Å². The Hall–Kier alpha value is -3.08. The number of hydrogen-bond donors (Lipinski definition) is 2. The fourth-order valence-electron chi connectivity index (χ4n) is 4.00. The van der Waals surface area contributed by atoms with E-state index in [-0.39, 0.29) is 5.56 Å². The molecule has 27 heavy (non-hydrogen) atoms. The van der Waals surface area contributed by atoms with Crippen molar-refractivity contribution >= 4 is 27.5 Å². The van der Waals surface area contributed by atoms with Crippen LogP contribution >= 0.6 is 0 Å². The molecule has 0 amide bonds. The summed E-state index contributed by atoms with van der Waals surface area (Å²) in [6, 6.07) is 14.2. The van der Waals surface area contributed by atoms with Gasteiger partial charge in [0.25, 0.3) is 5.56 Å². The first kappa shape index (κ1) is 16.1. The smallest absolute Gasteiger partial charge is 0.261 e. The maximum Gasteiger partial charge on any atom is 0.261 e. The van der Waals surface area contributed by atoms with Gasteiger partial charge < -0.3 is 10.3 Å². The van der Waals surface area contributed by atoms with Gasteiger partial charge in [-0.25, -0.2) is 4.98 Å². The van der Waals surface area contributed by atoms with Crippen molar-refractivity contribution in [1.82, 2.24) is 14.5 Å². The zero-order valence-corrected chi connectivity index (χ0v) is 15.2. The molecule has 4 aromatic rings. The maximum absolute atomic E-state index is 13.0. The van der Waals surface area contributed by atoms with E-state index in [2.05, 4.69) is 22.4 Å². The molecule has 2 N–H and O–H groups in total. The molecule has 0 saturated heterocycles. The molecule has 136 valence electrons. The van der Waals surface area contributed by atoms with Crippen molar-refractivity contribution < 1.29 is 0 Å². The third-order valence-corrected chi connectivity index (χ3v) is 5.47. The van der Waals surface area contributed by atoms with Gasteiger partial charge in [-0.15, -0.1) is 0 Å². The molecule has 5 rings (SSSR count). The monoisotopic (exact) mass is 358 g/mol. The third-order valence-electron chi connectivity index (χ3n) is 5.47. The molecule has 3 heterocycles. The Bertz CT molecular complexity index is 1190. The number of aromatic nitrogens is 3. The Morgan fingerprint density at radius 2 is 2.00 bits per heavy atom. The third kappa shape index (κ3) is 2.89. The molecule has 0 radical (unpaired) electrons. The highest BCUT2D eigenvalue weighted by Crippen LogP contribution is 2.21. The Kier molecular flexibility index (Phi) is 3.93. The minimum absolute atomic E-state index is 0.0904. The zero-order chi connectivity index (χ0) is 18.2. The standard InChI is InChI=1S/C22H22N4O/c27-22-18-12-16(23-13-15-14-24-19-7-4-3-6-17(15)19)9-10-20(18)25-21-8-2-1-5-11-26(21)22/h3-4,6-7,9-10,12,14,23-24H,1-2,5,8,11,13H2. The number of hydrogen-bond acceptors (Lipinski definition) is 3. The maximum atomic E-state index is 13.0. The summed E-state index contributed by atoms with van der Waals surface area (Å²) in [5.74, 6) is 0.935. The highest BCUT2D eigenvalue weighted by Gasteiger charge is 2.14. The molecule has 1 aliphatic heterocycles. The first-order valence-corrected chi connectivity index (χ1v) is 9.62.